The molecule has 0 aliphatic heterocycles. The lowest BCUT2D eigenvalue weighted by Crippen LogP contribution is -2.46. The Kier molecular flexibility index (Phi) is 3.74. The molecule has 1 saturated carbocycles. The first-order chi connectivity index (χ1) is 8.11. The molecule has 1 aromatic carbocycles. The van der Waals surface area contributed by atoms with Crippen molar-refractivity contribution in [2.45, 2.75) is 38.0 Å². The van der Waals surface area contributed by atoms with E-state index in [0.29, 0.717) is 17.7 Å². The lowest BCUT2D eigenvalue weighted by atomic mass is 9.88. The van der Waals surface area contributed by atoms with Gasteiger partial charge in [0.05, 0.1) is 6.10 Å². The quantitative estimate of drug-likeness (QED) is 0.875. The van der Waals surface area contributed by atoms with Gasteiger partial charge in [-0.3, -0.25) is 0 Å². The molecule has 1 aliphatic carbocycles. The summed E-state index contributed by atoms with van der Waals surface area (Å²) in [6.07, 6.45) is 2.16. The number of hydrogen-bond donors (Lipinski definition) is 1. The third kappa shape index (κ3) is 2.64. The molecule has 94 valence electrons. The van der Waals surface area contributed by atoms with Crippen LogP contribution in [-0.2, 0) is 4.74 Å². The number of methoxy groups -OCH3 is 1. The molecule has 2 rings (SSSR count). The van der Waals surface area contributed by atoms with Gasteiger partial charge in [0.25, 0.3) is 0 Å². The van der Waals surface area contributed by atoms with Gasteiger partial charge in [-0.05, 0) is 25.8 Å². The molecule has 1 aromatic rings. The molecule has 0 amide bonds. The molecular formula is C13H17F2NO. The van der Waals surface area contributed by atoms with Crippen molar-refractivity contribution in [3.8, 4) is 0 Å². The van der Waals surface area contributed by atoms with Gasteiger partial charge in [-0.15, -0.1) is 0 Å². The number of halogens is 2. The molecule has 0 aromatic heterocycles. The minimum atomic E-state index is -0.792. The number of nitrogens with one attached hydrogen (secondary N) is 1. The molecule has 0 spiro atoms. The van der Waals surface area contributed by atoms with Crippen LogP contribution >= 0.6 is 0 Å². The van der Waals surface area contributed by atoms with Crippen LogP contribution < -0.4 is 5.32 Å². The van der Waals surface area contributed by atoms with Gasteiger partial charge < -0.3 is 10.1 Å². The van der Waals surface area contributed by atoms with Gasteiger partial charge in [0.2, 0.25) is 0 Å². The van der Waals surface area contributed by atoms with E-state index in [9.17, 15) is 8.78 Å². The van der Waals surface area contributed by atoms with Crippen LogP contribution in [0.1, 0.15) is 31.4 Å². The smallest absolute Gasteiger partial charge is 0.163 e. The Morgan fingerprint density at radius 1 is 1.35 bits per heavy atom. The van der Waals surface area contributed by atoms with E-state index >= 15 is 0 Å². The third-order valence-electron chi connectivity index (χ3n) is 3.36. The highest BCUT2D eigenvalue weighted by atomic mass is 19.2. The molecule has 0 radical (unpaired) electrons. The van der Waals surface area contributed by atoms with Crippen molar-refractivity contribution in [2.24, 2.45) is 0 Å². The van der Waals surface area contributed by atoms with E-state index in [0.717, 1.165) is 18.9 Å². The van der Waals surface area contributed by atoms with Gasteiger partial charge in [-0.25, -0.2) is 8.78 Å². The predicted octanol–water partition coefficient (Wildman–Crippen LogP) is 2.79. The zero-order valence-electron chi connectivity index (χ0n) is 10.0. The van der Waals surface area contributed by atoms with Crippen LogP contribution in [0.25, 0.3) is 0 Å². The Morgan fingerprint density at radius 3 is 2.71 bits per heavy atom. The molecule has 1 unspecified atom stereocenters. The van der Waals surface area contributed by atoms with Crippen molar-refractivity contribution in [3.63, 3.8) is 0 Å². The molecule has 2 nitrogen and oxygen atoms in total. The number of benzene rings is 1. The summed E-state index contributed by atoms with van der Waals surface area (Å²) in [7, 11) is 1.69. The molecule has 1 aliphatic rings. The Labute approximate surface area is 100.0 Å². The Bertz CT molecular complexity index is 391. The van der Waals surface area contributed by atoms with Crippen molar-refractivity contribution in [1.29, 1.82) is 0 Å². The minimum absolute atomic E-state index is 0.187. The third-order valence-corrected chi connectivity index (χ3v) is 3.36. The second-order valence-corrected chi connectivity index (χ2v) is 4.56. The summed E-state index contributed by atoms with van der Waals surface area (Å²) in [5.41, 5.74) is 0.380. The van der Waals surface area contributed by atoms with Crippen LogP contribution in [-0.4, -0.2) is 19.3 Å². The van der Waals surface area contributed by atoms with Crippen molar-refractivity contribution in [2.75, 3.05) is 7.11 Å². The van der Waals surface area contributed by atoms with Gasteiger partial charge in [0.1, 0.15) is 0 Å². The van der Waals surface area contributed by atoms with Gasteiger partial charge >= 0.3 is 0 Å². The van der Waals surface area contributed by atoms with Gasteiger partial charge in [-0.2, -0.15) is 0 Å². The molecule has 1 fully saturated rings. The number of hydrogen-bond acceptors (Lipinski definition) is 2. The minimum Gasteiger partial charge on any atom is -0.381 e. The van der Waals surface area contributed by atoms with E-state index in [1.54, 1.807) is 13.2 Å². The molecule has 1 N–H and O–H groups in total. The van der Waals surface area contributed by atoms with Crippen LogP contribution in [0.3, 0.4) is 0 Å². The van der Waals surface area contributed by atoms with Gasteiger partial charge in [0, 0.05) is 24.8 Å². The van der Waals surface area contributed by atoms with Crippen molar-refractivity contribution in [1.82, 2.24) is 5.32 Å². The Morgan fingerprint density at radius 2 is 2.06 bits per heavy atom. The summed E-state index contributed by atoms with van der Waals surface area (Å²) in [5, 5.41) is 3.28. The molecule has 4 heteroatoms. The summed E-state index contributed by atoms with van der Waals surface area (Å²) >= 11 is 0. The van der Waals surface area contributed by atoms with E-state index in [4.69, 9.17) is 4.74 Å². The molecule has 1 atom stereocenters. The van der Waals surface area contributed by atoms with Crippen molar-refractivity contribution < 1.29 is 13.5 Å². The Balaban J connectivity index is 1.96. The van der Waals surface area contributed by atoms with Gasteiger partial charge in [-0.1, -0.05) is 12.1 Å². The summed E-state index contributed by atoms with van der Waals surface area (Å²) in [5.74, 6) is -1.55. The maximum atomic E-state index is 13.5. The van der Waals surface area contributed by atoms with E-state index in [2.05, 4.69) is 5.32 Å². The molecule has 0 saturated heterocycles. The topological polar surface area (TPSA) is 21.3 Å². The molecule has 17 heavy (non-hydrogen) atoms. The van der Waals surface area contributed by atoms with E-state index in [1.807, 2.05) is 6.92 Å². The first-order valence-electron chi connectivity index (χ1n) is 5.84. The van der Waals surface area contributed by atoms with Gasteiger partial charge in [0.15, 0.2) is 11.6 Å². The first kappa shape index (κ1) is 12.5. The Hall–Kier alpha value is -1.00. The highest BCUT2D eigenvalue weighted by molar-refractivity contribution is 5.22. The highest BCUT2D eigenvalue weighted by Crippen LogP contribution is 2.26. The average molecular weight is 241 g/mol. The lowest BCUT2D eigenvalue weighted by Gasteiger charge is -2.36. The standard InChI is InChI=1S/C13H17F2NO/c1-8(16-9-6-10(7-9)17-2)11-4-3-5-12(14)13(11)15/h3-5,8-10,16H,6-7H2,1-2H3. The predicted molar refractivity (Wildman–Crippen MR) is 61.7 cm³/mol. The van der Waals surface area contributed by atoms with Crippen LogP contribution in [0, 0.1) is 11.6 Å². The molecule has 0 heterocycles. The second kappa shape index (κ2) is 5.10. The van der Waals surface area contributed by atoms with Crippen LogP contribution in [0.5, 0.6) is 0 Å². The van der Waals surface area contributed by atoms with E-state index in [-0.39, 0.29) is 6.04 Å². The SMILES string of the molecule is COC1CC(NC(C)c2cccc(F)c2F)C1. The fraction of sp³-hybridized carbons (Fsp3) is 0.538. The zero-order valence-corrected chi connectivity index (χ0v) is 10.0. The van der Waals surface area contributed by atoms with E-state index in [1.165, 1.54) is 6.07 Å². The van der Waals surface area contributed by atoms with Crippen LogP contribution in [0.2, 0.25) is 0 Å². The van der Waals surface area contributed by atoms with E-state index < -0.39 is 11.6 Å². The normalized spacial score (nSPS) is 25.4. The average Bonchev–Trinajstić information content (AvgIpc) is 2.26. The number of rotatable bonds is 4. The molecular weight excluding hydrogens is 224 g/mol. The maximum absolute atomic E-state index is 13.5. The van der Waals surface area contributed by atoms with Crippen molar-refractivity contribution >= 4 is 0 Å². The molecule has 0 bridgehead atoms. The number of ether oxygens (including phenoxy) is 1. The van der Waals surface area contributed by atoms with Crippen molar-refractivity contribution in [3.05, 3.63) is 35.4 Å². The maximum Gasteiger partial charge on any atom is 0.163 e. The van der Waals surface area contributed by atoms with Crippen LogP contribution in [0.15, 0.2) is 18.2 Å². The summed E-state index contributed by atoms with van der Waals surface area (Å²) in [6.45, 7) is 1.85. The second-order valence-electron chi connectivity index (χ2n) is 4.56. The fourth-order valence-electron chi connectivity index (χ4n) is 2.19. The summed E-state index contributed by atoms with van der Waals surface area (Å²) in [6, 6.07) is 4.43. The fourth-order valence-corrected chi connectivity index (χ4v) is 2.19. The largest absolute Gasteiger partial charge is 0.381 e. The lowest BCUT2D eigenvalue weighted by molar-refractivity contribution is 0.0146. The first-order valence-corrected chi connectivity index (χ1v) is 5.84. The summed E-state index contributed by atoms with van der Waals surface area (Å²) < 4.78 is 31.8. The highest BCUT2D eigenvalue weighted by Gasteiger charge is 2.30. The summed E-state index contributed by atoms with van der Waals surface area (Å²) in [4.78, 5) is 0. The zero-order chi connectivity index (χ0) is 12.4. The van der Waals surface area contributed by atoms with Crippen LogP contribution in [0.4, 0.5) is 8.78 Å². The monoisotopic (exact) mass is 241 g/mol.